The Morgan fingerprint density at radius 2 is 1.86 bits per heavy atom. The molecule has 1 saturated heterocycles. The van der Waals surface area contributed by atoms with Gasteiger partial charge in [0.05, 0.1) is 5.69 Å². The summed E-state index contributed by atoms with van der Waals surface area (Å²) in [6.07, 6.45) is 1.91. The average molecular weight is 408 g/mol. The topological polar surface area (TPSA) is 84.1 Å². The summed E-state index contributed by atoms with van der Waals surface area (Å²) in [6, 6.07) is 18.5. The van der Waals surface area contributed by atoms with E-state index in [2.05, 4.69) is 20.4 Å². The van der Waals surface area contributed by atoms with Crippen LogP contribution in [0.2, 0.25) is 5.02 Å². The van der Waals surface area contributed by atoms with Crippen LogP contribution < -0.4 is 16.0 Å². The Morgan fingerprint density at radius 3 is 2.59 bits per heavy atom. The molecule has 1 aliphatic rings. The molecule has 1 amide bonds. The number of halogens is 1. The predicted octanol–water partition coefficient (Wildman–Crippen LogP) is 3.78. The van der Waals surface area contributed by atoms with E-state index in [0.717, 1.165) is 36.5 Å². The predicted molar refractivity (Wildman–Crippen MR) is 116 cm³/mol. The fraction of sp³-hybridized carbons (Fsp3) is 0.227. The summed E-state index contributed by atoms with van der Waals surface area (Å²) < 4.78 is 0. The average Bonchev–Trinajstić information content (AvgIpc) is 2.75. The molecule has 3 aromatic rings. The van der Waals surface area contributed by atoms with Crippen LogP contribution in [0.4, 0.5) is 11.5 Å². The SMILES string of the molecule is Nc1ccccc1-c1ccc(N2CCCC(NC(=O)c3ccc(Cl)cc3)C2)nn1. The normalized spacial score (nSPS) is 16.4. The van der Waals surface area contributed by atoms with Gasteiger partial charge in [0.15, 0.2) is 5.82 Å². The van der Waals surface area contributed by atoms with Crippen molar-refractivity contribution in [3.8, 4) is 11.3 Å². The van der Waals surface area contributed by atoms with Gasteiger partial charge in [-0.3, -0.25) is 4.79 Å². The highest BCUT2D eigenvalue weighted by atomic mass is 35.5. The summed E-state index contributed by atoms with van der Waals surface area (Å²) in [5.41, 5.74) is 8.93. The van der Waals surface area contributed by atoms with Gasteiger partial charge in [0.25, 0.3) is 5.91 Å². The number of anilines is 2. The second kappa shape index (κ2) is 8.49. The van der Waals surface area contributed by atoms with Gasteiger partial charge in [-0.1, -0.05) is 29.8 Å². The lowest BCUT2D eigenvalue weighted by atomic mass is 10.0. The van der Waals surface area contributed by atoms with Gasteiger partial charge in [0, 0.05) is 41.0 Å². The molecular formula is C22H22ClN5O. The molecule has 0 aliphatic carbocycles. The molecule has 1 fully saturated rings. The van der Waals surface area contributed by atoms with Gasteiger partial charge in [0.1, 0.15) is 0 Å². The largest absolute Gasteiger partial charge is 0.398 e. The third-order valence-electron chi connectivity index (χ3n) is 5.07. The molecule has 1 aromatic heterocycles. The number of aromatic nitrogens is 2. The van der Waals surface area contributed by atoms with Crippen LogP contribution in [-0.2, 0) is 0 Å². The lowest BCUT2D eigenvalue weighted by Gasteiger charge is -2.33. The zero-order chi connectivity index (χ0) is 20.2. The molecule has 7 heteroatoms. The molecule has 4 rings (SSSR count). The number of nitrogen functional groups attached to an aromatic ring is 1. The quantitative estimate of drug-likeness (QED) is 0.643. The van der Waals surface area contributed by atoms with Gasteiger partial charge in [0.2, 0.25) is 0 Å². The molecule has 148 valence electrons. The van der Waals surface area contributed by atoms with Gasteiger partial charge in [-0.15, -0.1) is 10.2 Å². The van der Waals surface area contributed by atoms with Crippen molar-refractivity contribution in [3.63, 3.8) is 0 Å². The molecule has 2 aromatic carbocycles. The third-order valence-corrected chi connectivity index (χ3v) is 5.33. The number of hydrogen-bond acceptors (Lipinski definition) is 5. The number of nitrogens with zero attached hydrogens (tertiary/aromatic N) is 3. The van der Waals surface area contributed by atoms with Crippen LogP contribution in [-0.4, -0.2) is 35.2 Å². The highest BCUT2D eigenvalue weighted by Gasteiger charge is 2.23. The second-order valence-electron chi connectivity index (χ2n) is 7.13. The molecular weight excluding hydrogens is 386 g/mol. The number of amides is 1. The molecule has 3 N–H and O–H groups in total. The van der Waals surface area contributed by atoms with Crippen molar-refractivity contribution in [3.05, 3.63) is 71.2 Å². The lowest BCUT2D eigenvalue weighted by Crippen LogP contribution is -2.48. The van der Waals surface area contributed by atoms with Crippen LogP contribution in [0, 0.1) is 0 Å². The minimum atomic E-state index is -0.0884. The Morgan fingerprint density at radius 1 is 1.07 bits per heavy atom. The van der Waals surface area contributed by atoms with Gasteiger partial charge >= 0.3 is 0 Å². The summed E-state index contributed by atoms with van der Waals surface area (Å²) in [5, 5.41) is 12.5. The highest BCUT2D eigenvalue weighted by Crippen LogP contribution is 2.25. The maximum atomic E-state index is 12.5. The number of para-hydroxylation sites is 1. The first-order valence-corrected chi connectivity index (χ1v) is 9.98. The Hall–Kier alpha value is -3.12. The maximum absolute atomic E-state index is 12.5. The standard InChI is InChI=1S/C22H22ClN5O/c23-16-9-7-15(8-10-16)22(29)25-17-4-3-13-28(14-17)21-12-11-20(26-27-21)18-5-1-2-6-19(18)24/h1-2,5-12,17H,3-4,13-14,24H2,(H,25,29). The summed E-state index contributed by atoms with van der Waals surface area (Å²) in [6.45, 7) is 1.58. The molecule has 0 spiro atoms. The van der Waals surface area contributed by atoms with E-state index in [4.69, 9.17) is 17.3 Å². The first-order valence-electron chi connectivity index (χ1n) is 9.60. The number of nitrogens with two attached hydrogens (primary N) is 1. The minimum Gasteiger partial charge on any atom is -0.398 e. The summed E-state index contributed by atoms with van der Waals surface area (Å²) in [5.74, 6) is 0.711. The summed E-state index contributed by atoms with van der Waals surface area (Å²) >= 11 is 5.90. The first kappa shape index (κ1) is 19.2. The van der Waals surface area contributed by atoms with E-state index in [1.165, 1.54) is 0 Å². The summed E-state index contributed by atoms with van der Waals surface area (Å²) in [7, 11) is 0. The number of carbonyl (C=O) groups is 1. The summed E-state index contributed by atoms with van der Waals surface area (Å²) in [4.78, 5) is 14.6. The van der Waals surface area contributed by atoms with Crippen molar-refractivity contribution in [1.29, 1.82) is 0 Å². The van der Waals surface area contributed by atoms with Gasteiger partial charge in [-0.25, -0.2) is 0 Å². The molecule has 29 heavy (non-hydrogen) atoms. The Bertz CT molecular complexity index is 991. The molecule has 2 heterocycles. The number of hydrogen-bond donors (Lipinski definition) is 2. The Labute approximate surface area is 174 Å². The van der Waals surface area contributed by atoms with E-state index in [1.807, 2.05) is 36.4 Å². The smallest absolute Gasteiger partial charge is 0.251 e. The zero-order valence-electron chi connectivity index (χ0n) is 15.9. The van der Waals surface area contributed by atoms with Crippen LogP contribution in [0.5, 0.6) is 0 Å². The van der Waals surface area contributed by atoms with Crippen molar-refractivity contribution in [2.24, 2.45) is 0 Å². The van der Waals surface area contributed by atoms with Crippen molar-refractivity contribution in [2.75, 3.05) is 23.7 Å². The number of rotatable bonds is 4. The van der Waals surface area contributed by atoms with Crippen molar-refractivity contribution in [2.45, 2.75) is 18.9 Å². The molecule has 1 aliphatic heterocycles. The van der Waals surface area contributed by atoms with E-state index in [0.29, 0.717) is 22.8 Å². The number of benzene rings is 2. The molecule has 0 radical (unpaired) electrons. The van der Waals surface area contributed by atoms with Gasteiger partial charge in [-0.2, -0.15) is 0 Å². The molecule has 1 atom stereocenters. The van der Waals surface area contributed by atoms with Crippen molar-refractivity contribution in [1.82, 2.24) is 15.5 Å². The van der Waals surface area contributed by atoms with E-state index < -0.39 is 0 Å². The third kappa shape index (κ3) is 4.49. The number of piperidine rings is 1. The fourth-order valence-electron chi connectivity index (χ4n) is 3.54. The van der Waals surface area contributed by atoms with Crippen molar-refractivity contribution < 1.29 is 4.79 Å². The molecule has 0 saturated carbocycles. The zero-order valence-corrected chi connectivity index (χ0v) is 16.6. The Balaban J connectivity index is 1.42. The lowest BCUT2D eigenvalue weighted by molar-refractivity contribution is 0.0933. The van der Waals surface area contributed by atoms with Crippen LogP contribution in [0.1, 0.15) is 23.2 Å². The van der Waals surface area contributed by atoms with E-state index >= 15 is 0 Å². The monoisotopic (exact) mass is 407 g/mol. The van der Waals surface area contributed by atoms with E-state index in [1.54, 1.807) is 24.3 Å². The van der Waals surface area contributed by atoms with Gasteiger partial charge < -0.3 is 16.0 Å². The van der Waals surface area contributed by atoms with Crippen LogP contribution in [0.15, 0.2) is 60.7 Å². The second-order valence-corrected chi connectivity index (χ2v) is 7.57. The first-order chi connectivity index (χ1) is 14.1. The highest BCUT2D eigenvalue weighted by molar-refractivity contribution is 6.30. The van der Waals surface area contributed by atoms with E-state index in [9.17, 15) is 4.79 Å². The molecule has 1 unspecified atom stereocenters. The number of carbonyl (C=O) groups excluding carboxylic acids is 1. The van der Waals surface area contributed by atoms with Crippen molar-refractivity contribution >= 4 is 29.0 Å². The fourth-order valence-corrected chi connectivity index (χ4v) is 3.67. The maximum Gasteiger partial charge on any atom is 0.251 e. The van der Waals surface area contributed by atoms with Crippen LogP contribution in [0.3, 0.4) is 0 Å². The molecule has 6 nitrogen and oxygen atoms in total. The van der Waals surface area contributed by atoms with Gasteiger partial charge in [-0.05, 0) is 55.3 Å². The molecule has 0 bridgehead atoms. The van der Waals surface area contributed by atoms with E-state index in [-0.39, 0.29) is 11.9 Å². The van der Waals surface area contributed by atoms with Crippen LogP contribution >= 0.6 is 11.6 Å². The number of nitrogens with one attached hydrogen (secondary N) is 1. The Kier molecular flexibility index (Phi) is 5.62. The van der Waals surface area contributed by atoms with Crippen LogP contribution in [0.25, 0.3) is 11.3 Å². The minimum absolute atomic E-state index is 0.0539.